The highest BCUT2D eigenvalue weighted by Gasteiger charge is 2.27. The van der Waals surface area contributed by atoms with Crippen LogP contribution in [-0.2, 0) is 0 Å². The minimum Gasteiger partial charge on any atom is -0.395 e. The van der Waals surface area contributed by atoms with Gasteiger partial charge in [0.05, 0.1) is 6.61 Å². The summed E-state index contributed by atoms with van der Waals surface area (Å²) in [6.07, 6.45) is 6.51. The van der Waals surface area contributed by atoms with Crippen molar-refractivity contribution in [1.29, 1.82) is 0 Å². The van der Waals surface area contributed by atoms with Crippen LogP contribution in [0.1, 0.15) is 46.0 Å². The standard InChI is InChI=1S/C14H28N2O/c1-14(2)6-3-8-16(9-7-14)10-13(11-17)15-12-4-5-12/h12-13,15,17H,3-11H2,1-2H3. The highest BCUT2D eigenvalue weighted by molar-refractivity contribution is 4.86. The highest BCUT2D eigenvalue weighted by atomic mass is 16.3. The maximum absolute atomic E-state index is 9.42. The van der Waals surface area contributed by atoms with Crippen LogP contribution < -0.4 is 5.32 Å². The van der Waals surface area contributed by atoms with Gasteiger partial charge in [-0.2, -0.15) is 0 Å². The quantitative estimate of drug-likeness (QED) is 0.766. The van der Waals surface area contributed by atoms with Crippen LogP contribution in [0.5, 0.6) is 0 Å². The lowest BCUT2D eigenvalue weighted by Crippen LogP contribution is -2.44. The zero-order valence-corrected chi connectivity index (χ0v) is 11.4. The van der Waals surface area contributed by atoms with E-state index in [-0.39, 0.29) is 12.6 Å². The largest absolute Gasteiger partial charge is 0.395 e. The van der Waals surface area contributed by atoms with E-state index in [4.69, 9.17) is 0 Å². The molecule has 1 heterocycles. The molecule has 0 aromatic heterocycles. The Labute approximate surface area is 106 Å². The number of nitrogens with one attached hydrogen (secondary N) is 1. The first-order valence-corrected chi connectivity index (χ1v) is 7.18. The van der Waals surface area contributed by atoms with Crippen molar-refractivity contribution < 1.29 is 5.11 Å². The summed E-state index contributed by atoms with van der Waals surface area (Å²) in [5.74, 6) is 0. The Morgan fingerprint density at radius 2 is 2.06 bits per heavy atom. The van der Waals surface area contributed by atoms with Crippen molar-refractivity contribution in [3.8, 4) is 0 Å². The molecule has 1 unspecified atom stereocenters. The Morgan fingerprint density at radius 1 is 1.29 bits per heavy atom. The van der Waals surface area contributed by atoms with E-state index in [1.165, 1.54) is 45.2 Å². The SMILES string of the molecule is CC1(C)CCCN(CC(CO)NC2CC2)CC1. The number of nitrogens with zero attached hydrogens (tertiary/aromatic N) is 1. The second-order valence-corrected chi connectivity index (χ2v) is 6.64. The molecule has 1 aliphatic carbocycles. The van der Waals surface area contributed by atoms with Gasteiger partial charge in [0.25, 0.3) is 0 Å². The van der Waals surface area contributed by atoms with Gasteiger partial charge in [-0.3, -0.25) is 0 Å². The van der Waals surface area contributed by atoms with Crippen molar-refractivity contribution in [3.05, 3.63) is 0 Å². The molecule has 0 spiro atoms. The molecule has 0 aromatic carbocycles. The minimum absolute atomic E-state index is 0.274. The van der Waals surface area contributed by atoms with Crippen molar-refractivity contribution in [2.24, 2.45) is 5.41 Å². The lowest BCUT2D eigenvalue weighted by Gasteiger charge is -2.27. The summed E-state index contributed by atoms with van der Waals surface area (Å²) in [6, 6.07) is 0.972. The highest BCUT2D eigenvalue weighted by Crippen LogP contribution is 2.29. The van der Waals surface area contributed by atoms with Crippen molar-refractivity contribution in [3.63, 3.8) is 0 Å². The molecule has 2 aliphatic rings. The van der Waals surface area contributed by atoms with Crippen LogP contribution >= 0.6 is 0 Å². The van der Waals surface area contributed by atoms with Gasteiger partial charge in [-0.05, 0) is 50.6 Å². The second-order valence-electron chi connectivity index (χ2n) is 6.64. The van der Waals surface area contributed by atoms with Crippen LogP contribution in [0, 0.1) is 5.41 Å². The van der Waals surface area contributed by atoms with E-state index < -0.39 is 0 Å². The Bertz CT molecular complexity index is 238. The molecule has 2 fully saturated rings. The van der Waals surface area contributed by atoms with Crippen LogP contribution in [0.15, 0.2) is 0 Å². The summed E-state index contributed by atoms with van der Waals surface area (Å²) >= 11 is 0. The third kappa shape index (κ3) is 4.57. The smallest absolute Gasteiger partial charge is 0.0597 e. The van der Waals surface area contributed by atoms with Crippen molar-refractivity contribution >= 4 is 0 Å². The van der Waals surface area contributed by atoms with Gasteiger partial charge in [-0.1, -0.05) is 13.8 Å². The van der Waals surface area contributed by atoms with Gasteiger partial charge < -0.3 is 15.3 Å². The van der Waals surface area contributed by atoms with E-state index >= 15 is 0 Å². The number of aliphatic hydroxyl groups is 1. The Balaban J connectivity index is 1.76. The van der Waals surface area contributed by atoms with Gasteiger partial charge in [0.2, 0.25) is 0 Å². The van der Waals surface area contributed by atoms with Crippen molar-refractivity contribution in [1.82, 2.24) is 10.2 Å². The number of aliphatic hydroxyl groups excluding tert-OH is 1. The predicted molar refractivity (Wildman–Crippen MR) is 71.1 cm³/mol. The van der Waals surface area contributed by atoms with E-state index in [0.29, 0.717) is 11.5 Å². The Kier molecular flexibility index (Phi) is 4.45. The summed E-state index contributed by atoms with van der Waals surface area (Å²) in [6.45, 7) is 8.44. The van der Waals surface area contributed by atoms with Crippen LogP contribution in [0.3, 0.4) is 0 Å². The van der Waals surface area contributed by atoms with Crippen molar-refractivity contribution in [2.75, 3.05) is 26.2 Å². The molecule has 1 aliphatic heterocycles. The van der Waals surface area contributed by atoms with Gasteiger partial charge >= 0.3 is 0 Å². The van der Waals surface area contributed by atoms with Gasteiger partial charge in [-0.15, -0.1) is 0 Å². The third-order valence-corrected chi connectivity index (χ3v) is 4.18. The lowest BCUT2D eigenvalue weighted by atomic mass is 9.85. The number of hydrogen-bond donors (Lipinski definition) is 2. The second kappa shape index (κ2) is 5.68. The first kappa shape index (κ1) is 13.3. The maximum Gasteiger partial charge on any atom is 0.0597 e. The van der Waals surface area contributed by atoms with E-state index in [9.17, 15) is 5.11 Å². The average molecular weight is 240 g/mol. The van der Waals surface area contributed by atoms with Crippen LogP contribution in [0.4, 0.5) is 0 Å². The van der Waals surface area contributed by atoms with E-state index in [1.54, 1.807) is 0 Å². The van der Waals surface area contributed by atoms with Crippen molar-refractivity contribution in [2.45, 2.75) is 58.0 Å². The fourth-order valence-corrected chi connectivity index (χ4v) is 2.72. The molecule has 0 amide bonds. The Hall–Kier alpha value is -0.120. The molecule has 0 bridgehead atoms. The van der Waals surface area contributed by atoms with Gasteiger partial charge in [0.1, 0.15) is 0 Å². The molecule has 3 heteroatoms. The van der Waals surface area contributed by atoms with E-state index in [2.05, 4.69) is 24.1 Å². The van der Waals surface area contributed by atoms with Crippen LogP contribution in [-0.4, -0.2) is 48.3 Å². The molecule has 100 valence electrons. The molecule has 1 atom stereocenters. The lowest BCUT2D eigenvalue weighted by molar-refractivity contribution is 0.179. The molecule has 1 saturated heterocycles. The van der Waals surface area contributed by atoms with Crippen LogP contribution in [0.2, 0.25) is 0 Å². The molecule has 17 heavy (non-hydrogen) atoms. The molecule has 0 radical (unpaired) electrons. The van der Waals surface area contributed by atoms with Crippen LogP contribution in [0.25, 0.3) is 0 Å². The molecular formula is C14H28N2O. The molecule has 1 saturated carbocycles. The number of rotatable bonds is 5. The summed E-state index contributed by atoms with van der Waals surface area (Å²) in [7, 11) is 0. The average Bonchev–Trinajstić information content (AvgIpc) is 3.08. The number of likely N-dealkylation sites (tertiary alicyclic amines) is 1. The first-order chi connectivity index (χ1) is 8.09. The van der Waals surface area contributed by atoms with Gasteiger partial charge in [0, 0.05) is 18.6 Å². The topological polar surface area (TPSA) is 35.5 Å². The van der Waals surface area contributed by atoms with E-state index in [1.807, 2.05) is 0 Å². The van der Waals surface area contributed by atoms with Gasteiger partial charge in [-0.25, -0.2) is 0 Å². The summed E-state index contributed by atoms with van der Waals surface area (Å²) in [5.41, 5.74) is 0.507. The zero-order chi connectivity index (χ0) is 12.3. The minimum atomic E-state index is 0.274. The molecular weight excluding hydrogens is 212 g/mol. The summed E-state index contributed by atoms with van der Waals surface area (Å²) < 4.78 is 0. The molecule has 3 nitrogen and oxygen atoms in total. The molecule has 0 aromatic rings. The maximum atomic E-state index is 9.42. The first-order valence-electron chi connectivity index (χ1n) is 7.18. The zero-order valence-electron chi connectivity index (χ0n) is 11.4. The Morgan fingerprint density at radius 3 is 2.71 bits per heavy atom. The third-order valence-electron chi connectivity index (χ3n) is 4.18. The van der Waals surface area contributed by atoms with Gasteiger partial charge in [0.15, 0.2) is 0 Å². The summed E-state index contributed by atoms with van der Waals surface area (Å²) in [5, 5.41) is 13.0. The normalized spacial score (nSPS) is 27.7. The molecule has 2 N–H and O–H groups in total. The summed E-state index contributed by atoms with van der Waals surface area (Å²) in [4.78, 5) is 2.53. The van der Waals surface area contributed by atoms with E-state index in [0.717, 1.165) is 6.54 Å². The number of hydrogen-bond acceptors (Lipinski definition) is 3. The predicted octanol–water partition coefficient (Wildman–Crippen LogP) is 1.61. The fraction of sp³-hybridized carbons (Fsp3) is 1.00. The monoisotopic (exact) mass is 240 g/mol. The molecule has 2 rings (SSSR count). The fourth-order valence-electron chi connectivity index (χ4n) is 2.72.